The number of hydrogen-bond donors (Lipinski definition) is 0. The molecule has 19 heavy (non-hydrogen) atoms. The molecule has 0 amide bonds. The molecule has 1 aromatic carbocycles. The zero-order chi connectivity index (χ0) is 14.2. The van der Waals surface area contributed by atoms with Crippen molar-refractivity contribution >= 4 is 16.6 Å². The van der Waals surface area contributed by atoms with E-state index in [0.29, 0.717) is 16.5 Å². The van der Waals surface area contributed by atoms with E-state index in [4.69, 9.17) is 0 Å². The number of pyridine rings is 1. The number of nitro benzene ring substituents is 1. The molecule has 5 heteroatoms. The lowest BCUT2D eigenvalue weighted by atomic mass is 9.90. The van der Waals surface area contributed by atoms with Crippen molar-refractivity contribution in [2.75, 3.05) is 0 Å². The average Bonchev–Trinajstić information content (AvgIpc) is 2.35. The predicted octanol–water partition coefficient (Wildman–Crippen LogP) is 3.31. The third-order valence-electron chi connectivity index (χ3n) is 2.89. The highest BCUT2D eigenvalue weighted by atomic mass is 16.6. The van der Waals surface area contributed by atoms with Gasteiger partial charge in [0.25, 0.3) is 5.69 Å². The van der Waals surface area contributed by atoms with Crippen LogP contribution in [0, 0.1) is 21.4 Å². The van der Waals surface area contributed by atoms with Gasteiger partial charge in [0.2, 0.25) is 0 Å². The number of nitrogens with zero attached hydrogens (tertiary/aromatic N) is 3. The molecule has 0 aliphatic rings. The van der Waals surface area contributed by atoms with E-state index in [-0.39, 0.29) is 11.1 Å². The van der Waals surface area contributed by atoms with Gasteiger partial charge in [-0.05, 0) is 12.1 Å². The first-order chi connectivity index (χ1) is 8.82. The molecule has 0 fully saturated rings. The SMILES string of the molecule is CC(C)(C)c1cc(C#N)c2cc([N+](=O)[O-])ccc2n1. The van der Waals surface area contributed by atoms with Crippen LogP contribution >= 0.6 is 0 Å². The van der Waals surface area contributed by atoms with Crippen LogP contribution < -0.4 is 0 Å². The molecule has 0 aliphatic carbocycles. The van der Waals surface area contributed by atoms with Gasteiger partial charge in [0, 0.05) is 28.6 Å². The van der Waals surface area contributed by atoms with Crippen molar-refractivity contribution in [3.63, 3.8) is 0 Å². The Bertz CT molecular complexity index is 709. The number of aromatic nitrogens is 1. The summed E-state index contributed by atoms with van der Waals surface area (Å²) in [6, 6.07) is 8.18. The predicted molar refractivity (Wildman–Crippen MR) is 71.8 cm³/mol. The molecule has 0 atom stereocenters. The molecule has 0 aliphatic heterocycles. The lowest BCUT2D eigenvalue weighted by Gasteiger charge is -2.18. The lowest BCUT2D eigenvalue weighted by molar-refractivity contribution is -0.384. The lowest BCUT2D eigenvalue weighted by Crippen LogP contribution is -2.14. The largest absolute Gasteiger partial charge is 0.270 e. The van der Waals surface area contributed by atoms with Gasteiger partial charge in [-0.25, -0.2) is 0 Å². The zero-order valence-electron chi connectivity index (χ0n) is 11.0. The van der Waals surface area contributed by atoms with Crippen molar-refractivity contribution in [1.29, 1.82) is 5.26 Å². The highest BCUT2D eigenvalue weighted by molar-refractivity contribution is 5.87. The van der Waals surface area contributed by atoms with Gasteiger partial charge in [0.1, 0.15) is 0 Å². The number of non-ortho nitro benzene ring substituents is 1. The molecule has 5 nitrogen and oxygen atoms in total. The van der Waals surface area contributed by atoms with Crippen molar-refractivity contribution in [3.8, 4) is 6.07 Å². The minimum Gasteiger partial charge on any atom is -0.258 e. The number of nitro groups is 1. The van der Waals surface area contributed by atoms with Crippen LogP contribution in [0.4, 0.5) is 5.69 Å². The Morgan fingerprint density at radius 1 is 1.32 bits per heavy atom. The Morgan fingerprint density at radius 2 is 2.00 bits per heavy atom. The number of benzene rings is 1. The normalized spacial score (nSPS) is 11.3. The van der Waals surface area contributed by atoms with Crippen LogP contribution in [0.25, 0.3) is 10.9 Å². The average molecular weight is 255 g/mol. The van der Waals surface area contributed by atoms with Crippen molar-refractivity contribution in [2.45, 2.75) is 26.2 Å². The second kappa shape index (κ2) is 4.32. The van der Waals surface area contributed by atoms with Gasteiger partial charge in [-0.15, -0.1) is 0 Å². The van der Waals surface area contributed by atoms with E-state index in [9.17, 15) is 15.4 Å². The molecule has 0 saturated carbocycles. The van der Waals surface area contributed by atoms with E-state index in [1.807, 2.05) is 20.8 Å². The van der Waals surface area contributed by atoms with Crippen molar-refractivity contribution in [2.24, 2.45) is 0 Å². The Hall–Kier alpha value is -2.48. The van der Waals surface area contributed by atoms with Crippen molar-refractivity contribution in [3.05, 3.63) is 45.6 Å². The van der Waals surface area contributed by atoms with Crippen LogP contribution in [-0.4, -0.2) is 9.91 Å². The summed E-state index contributed by atoms with van der Waals surface area (Å²) in [6.07, 6.45) is 0. The van der Waals surface area contributed by atoms with Crippen LogP contribution in [0.3, 0.4) is 0 Å². The fraction of sp³-hybridized carbons (Fsp3) is 0.286. The minimum atomic E-state index is -0.474. The fourth-order valence-electron chi connectivity index (χ4n) is 1.80. The van der Waals surface area contributed by atoms with Crippen LogP contribution in [0.15, 0.2) is 24.3 Å². The molecule has 1 heterocycles. The molecule has 0 unspecified atom stereocenters. The fourth-order valence-corrected chi connectivity index (χ4v) is 1.80. The first-order valence-electron chi connectivity index (χ1n) is 5.82. The van der Waals surface area contributed by atoms with Crippen molar-refractivity contribution < 1.29 is 4.92 Å². The maximum atomic E-state index is 10.8. The third-order valence-corrected chi connectivity index (χ3v) is 2.89. The summed E-state index contributed by atoms with van der Waals surface area (Å²) >= 11 is 0. The van der Waals surface area contributed by atoms with E-state index in [1.165, 1.54) is 12.1 Å². The zero-order valence-corrected chi connectivity index (χ0v) is 11.0. The minimum absolute atomic E-state index is 0.0330. The van der Waals surface area contributed by atoms with Crippen LogP contribution in [0.2, 0.25) is 0 Å². The second-order valence-corrected chi connectivity index (χ2v) is 5.38. The Morgan fingerprint density at radius 3 is 2.53 bits per heavy atom. The Kier molecular flexibility index (Phi) is 2.95. The smallest absolute Gasteiger partial charge is 0.258 e. The molecule has 0 N–H and O–H groups in total. The second-order valence-electron chi connectivity index (χ2n) is 5.38. The van der Waals surface area contributed by atoms with Gasteiger partial charge >= 0.3 is 0 Å². The summed E-state index contributed by atoms with van der Waals surface area (Å²) in [5, 5.41) is 20.5. The Balaban J connectivity index is 2.78. The van der Waals surface area contributed by atoms with Gasteiger partial charge in [0.15, 0.2) is 0 Å². The highest BCUT2D eigenvalue weighted by Crippen LogP contribution is 2.28. The van der Waals surface area contributed by atoms with E-state index in [1.54, 1.807) is 12.1 Å². The first kappa shape index (κ1) is 13.0. The molecular weight excluding hydrogens is 242 g/mol. The quantitative estimate of drug-likeness (QED) is 0.578. The van der Waals surface area contributed by atoms with Gasteiger partial charge in [-0.3, -0.25) is 15.1 Å². The summed E-state index contributed by atoms with van der Waals surface area (Å²) in [6.45, 7) is 6.02. The molecule has 0 spiro atoms. The summed E-state index contributed by atoms with van der Waals surface area (Å²) in [5.74, 6) is 0. The summed E-state index contributed by atoms with van der Waals surface area (Å²) < 4.78 is 0. The standard InChI is InChI=1S/C14H13N3O2/c1-14(2,3)13-6-9(8-15)11-7-10(17(18)19)4-5-12(11)16-13/h4-7H,1-3H3. The molecular formula is C14H13N3O2. The first-order valence-corrected chi connectivity index (χ1v) is 5.82. The van der Waals surface area contributed by atoms with E-state index >= 15 is 0 Å². The molecule has 0 saturated heterocycles. The summed E-state index contributed by atoms with van der Waals surface area (Å²) in [4.78, 5) is 14.8. The molecule has 0 radical (unpaired) electrons. The molecule has 2 rings (SSSR count). The number of fused-ring (bicyclic) bond motifs is 1. The van der Waals surface area contributed by atoms with Gasteiger partial charge in [0.05, 0.1) is 22.1 Å². The third kappa shape index (κ3) is 2.38. The molecule has 2 aromatic rings. The van der Waals surface area contributed by atoms with Crippen LogP contribution in [0.5, 0.6) is 0 Å². The Labute approximate surface area is 110 Å². The molecule has 96 valence electrons. The maximum Gasteiger partial charge on any atom is 0.270 e. The molecule has 1 aromatic heterocycles. The van der Waals surface area contributed by atoms with Crippen molar-refractivity contribution in [1.82, 2.24) is 4.98 Å². The summed E-state index contributed by atoms with van der Waals surface area (Å²) in [7, 11) is 0. The number of rotatable bonds is 1. The van der Waals surface area contributed by atoms with Crippen LogP contribution in [0.1, 0.15) is 32.0 Å². The highest BCUT2D eigenvalue weighted by Gasteiger charge is 2.19. The van der Waals surface area contributed by atoms with Gasteiger partial charge < -0.3 is 0 Å². The van der Waals surface area contributed by atoms with E-state index in [0.717, 1.165) is 5.69 Å². The van der Waals surface area contributed by atoms with E-state index < -0.39 is 4.92 Å². The van der Waals surface area contributed by atoms with E-state index in [2.05, 4.69) is 11.1 Å². The van der Waals surface area contributed by atoms with Gasteiger partial charge in [-0.1, -0.05) is 20.8 Å². The monoisotopic (exact) mass is 255 g/mol. The maximum absolute atomic E-state index is 10.8. The summed E-state index contributed by atoms with van der Waals surface area (Å²) in [5.41, 5.74) is 1.61. The topological polar surface area (TPSA) is 79.8 Å². The number of hydrogen-bond acceptors (Lipinski definition) is 4. The van der Waals surface area contributed by atoms with Crippen LogP contribution in [-0.2, 0) is 5.41 Å². The van der Waals surface area contributed by atoms with Gasteiger partial charge in [-0.2, -0.15) is 5.26 Å². The number of nitriles is 1. The molecule has 0 bridgehead atoms.